The van der Waals surface area contributed by atoms with E-state index in [0.29, 0.717) is 25.1 Å². The van der Waals surface area contributed by atoms with E-state index < -0.39 is 0 Å². The van der Waals surface area contributed by atoms with E-state index in [1.807, 2.05) is 43.1 Å². The lowest BCUT2D eigenvalue weighted by molar-refractivity contribution is -0.121. The van der Waals surface area contributed by atoms with Crippen LogP contribution in [-0.4, -0.2) is 55.5 Å². The Morgan fingerprint density at radius 3 is 2.79 bits per heavy atom. The molecule has 0 saturated carbocycles. The molecule has 0 fully saturated rings. The summed E-state index contributed by atoms with van der Waals surface area (Å²) in [6.45, 7) is 2.81. The number of nitrogens with zero attached hydrogens (tertiary/aromatic N) is 3. The molecule has 1 aromatic carbocycles. The van der Waals surface area contributed by atoms with E-state index >= 15 is 0 Å². The smallest absolute Gasteiger partial charge is 0.253 e. The number of rotatable bonds is 5. The molecule has 2 heterocycles. The van der Waals surface area contributed by atoms with Crippen LogP contribution in [0.25, 0.3) is 0 Å². The average Bonchev–Trinajstić information content (AvgIpc) is 2.68. The molecule has 0 spiro atoms. The van der Waals surface area contributed by atoms with Crippen LogP contribution in [0.15, 0.2) is 36.5 Å². The highest BCUT2D eigenvalue weighted by atomic mass is 16.5. The van der Waals surface area contributed by atoms with Gasteiger partial charge in [0.1, 0.15) is 12.4 Å². The van der Waals surface area contributed by atoms with Crippen molar-refractivity contribution in [3.05, 3.63) is 53.3 Å². The molecule has 7 nitrogen and oxygen atoms in total. The van der Waals surface area contributed by atoms with Crippen LogP contribution in [0.5, 0.6) is 5.75 Å². The van der Waals surface area contributed by atoms with E-state index in [2.05, 4.69) is 10.3 Å². The molecule has 148 valence electrons. The van der Waals surface area contributed by atoms with Gasteiger partial charge in [-0.1, -0.05) is 0 Å². The Hall–Kier alpha value is -3.09. The summed E-state index contributed by atoms with van der Waals surface area (Å²) in [6, 6.07) is 9.15. The number of anilines is 1. The molecule has 2 amide bonds. The van der Waals surface area contributed by atoms with Gasteiger partial charge in [-0.25, -0.2) is 0 Å². The van der Waals surface area contributed by atoms with Crippen LogP contribution in [0.1, 0.15) is 28.0 Å². The van der Waals surface area contributed by atoms with Crippen molar-refractivity contribution in [2.24, 2.45) is 0 Å². The molecule has 1 aliphatic heterocycles. The molecule has 1 atom stereocenters. The second kappa shape index (κ2) is 8.29. The third-order valence-corrected chi connectivity index (χ3v) is 4.83. The molecule has 0 radical (unpaired) electrons. The molecular weight excluding hydrogens is 356 g/mol. The Labute approximate surface area is 165 Å². The number of likely N-dealkylation sites (N-methyl/N-ethyl adjacent to an activating group) is 1. The SMILES string of the molecule is Cc1ccnc(CNC(=O)C[C@H]2COc3ccc(C(=O)N(C)C)cc3N2C)c1. The van der Waals surface area contributed by atoms with E-state index in [0.717, 1.165) is 22.7 Å². The van der Waals surface area contributed by atoms with E-state index in [9.17, 15) is 9.59 Å². The average molecular weight is 382 g/mol. The highest BCUT2D eigenvalue weighted by molar-refractivity contribution is 5.95. The van der Waals surface area contributed by atoms with Crippen LogP contribution in [0.3, 0.4) is 0 Å². The number of amides is 2. The molecule has 7 heteroatoms. The van der Waals surface area contributed by atoms with Crippen LogP contribution in [0, 0.1) is 6.92 Å². The fourth-order valence-corrected chi connectivity index (χ4v) is 3.17. The summed E-state index contributed by atoms with van der Waals surface area (Å²) in [6.07, 6.45) is 2.04. The zero-order chi connectivity index (χ0) is 20.3. The van der Waals surface area contributed by atoms with Crippen LogP contribution in [-0.2, 0) is 11.3 Å². The maximum Gasteiger partial charge on any atom is 0.253 e. The summed E-state index contributed by atoms with van der Waals surface area (Å²) in [5.41, 5.74) is 3.35. The number of nitrogens with one attached hydrogen (secondary N) is 1. The van der Waals surface area contributed by atoms with Gasteiger partial charge in [-0.15, -0.1) is 0 Å². The first kappa shape index (κ1) is 19.7. The van der Waals surface area contributed by atoms with Crippen molar-refractivity contribution in [1.29, 1.82) is 0 Å². The van der Waals surface area contributed by atoms with Crippen LogP contribution in [0.4, 0.5) is 5.69 Å². The summed E-state index contributed by atoms with van der Waals surface area (Å²) in [7, 11) is 5.36. The quantitative estimate of drug-likeness (QED) is 0.856. The van der Waals surface area contributed by atoms with Gasteiger partial charge in [0.2, 0.25) is 5.91 Å². The second-order valence-corrected chi connectivity index (χ2v) is 7.26. The first-order chi connectivity index (χ1) is 13.3. The van der Waals surface area contributed by atoms with Gasteiger partial charge in [0.25, 0.3) is 5.91 Å². The lowest BCUT2D eigenvalue weighted by Crippen LogP contribution is -2.43. The minimum Gasteiger partial charge on any atom is -0.489 e. The van der Waals surface area contributed by atoms with E-state index in [4.69, 9.17) is 4.74 Å². The fraction of sp³-hybridized carbons (Fsp3) is 0.381. The predicted octanol–water partition coefficient (Wildman–Crippen LogP) is 2.00. The van der Waals surface area contributed by atoms with Gasteiger partial charge in [0.15, 0.2) is 0 Å². The second-order valence-electron chi connectivity index (χ2n) is 7.26. The summed E-state index contributed by atoms with van der Waals surface area (Å²) < 4.78 is 5.82. The highest BCUT2D eigenvalue weighted by Crippen LogP contribution is 2.34. The molecule has 0 bridgehead atoms. The summed E-state index contributed by atoms with van der Waals surface area (Å²) in [5.74, 6) is 0.591. The van der Waals surface area contributed by atoms with Gasteiger partial charge in [-0.2, -0.15) is 0 Å². The number of benzene rings is 1. The maximum absolute atomic E-state index is 12.4. The van der Waals surface area contributed by atoms with Crippen molar-refractivity contribution in [3.8, 4) is 5.75 Å². The molecule has 1 aliphatic rings. The van der Waals surface area contributed by atoms with Gasteiger partial charge < -0.3 is 19.9 Å². The number of carbonyl (C=O) groups is 2. The topological polar surface area (TPSA) is 74.8 Å². The fourth-order valence-electron chi connectivity index (χ4n) is 3.17. The Morgan fingerprint density at radius 2 is 2.07 bits per heavy atom. The number of aromatic nitrogens is 1. The highest BCUT2D eigenvalue weighted by Gasteiger charge is 2.27. The van der Waals surface area contributed by atoms with Crippen LogP contribution in [0.2, 0.25) is 0 Å². The molecule has 1 aromatic heterocycles. The first-order valence-corrected chi connectivity index (χ1v) is 9.24. The number of ether oxygens (including phenoxy) is 1. The first-order valence-electron chi connectivity index (χ1n) is 9.24. The van der Waals surface area contributed by atoms with Crippen LogP contribution < -0.4 is 15.0 Å². The Bertz CT molecular complexity index is 882. The van der Waals surface area contributed by atoms with Gasteiger partial charge >= 0.3 is 0 Å². The monoisotopic (exact) mass is 382 g/mol. The number of carbonyl (C=O) groups excluding carboxylic acids is 2. The van der Waals surface area contributed by atoms with Crippen molar-refractivity contribution in [1.82, 2.24) is 15.2 Å². The van der Waals surface area contributed by atoms with Gasteiger partial charge in [0.05, 0.1) is 30.4 Å². The summed E-state index contributed by atoms with van der Waals surface area (Å²) in [4.78, 5) is 32.5. The standard InChI is InChI=1S/C21H26N4O3/c1-14-7-8-22-16(9-14)12-23-20(26)11-17-13-28-19-6-5-15(21(27)24(2)3)10-18(19)25(17)4/h5-10,17H,11-13H2,1-4H3,(H,23,26)/t17-/m0/s1. The van der Waals surface area contributed by atoms with E-state index in [1.54, 1.807) is 26.4 Å². The molecule has 2 aromatic rings. The Balaban J connectivity index is 1.64. The molecule has 3 rings (SSSR count). The van der Waals surface area contributed by atoms with Gasteiger partial charge in [-0.3, -0.25) is 14.6 Å². The van der Waals surface area contributed by atoms with Crippen molar-refractivity contribution < 1.29 is 14.3 Å². The van der Waals surface area contributed by atoms with E-state index in [1.165, 1.54) is 4.90 Å². The predicted molar refractivity (Wildman–Crippen MR) is 108 cm³/mol. The number of fused-ring (bicyclic) bond motifs is 1. The third kappa shape index (κ3) is 4.42. The maximum atomic E-state index is 12.4. The van der Waals surface area contributed by atoms with E-state index in [-0.39, 0.29) is 17.9 Å². The zero-order valence-corrected chi connectivity index (χ0v) is 16.7. The largest absolute Gasteiger partial charge is 0.489 e. The number of aryl methyl sites for hydroxylation is 1. The molecule has 28 heavy (non-hydrogen) atoms. The number of hydrogen-bond donors (Lipinski definition) is 1. The molecule has 0 saturated heterocycles. The van der Waals surface area contributed by atoms with Gasteiger partial charge in [-0.05, 0) is 42.8 Å². The summed E-state index contributed by atoms with van der Waals surface area (Å²) >= 11 is 0. The van der Waals surface area contributed by atoms with Gasteiger partial charge in [0, 0.05) is 32.9 Å². The minimum absolute atomic E-state index is 0.0623. The normalized spacial score (nSPS) is 15.4. The van der Waals surface area contributed by atoms with Crippen LogP contribution >= 0.6 is 0 Å². The third-order valence-electron chi connectivity index (χ3n) is 4.83. The zero-order valence-electron chi connectivity index (χ0n) is 16.7. The van der Waals surface area contributed by atoms with Crippen molar-refractivity contribution in [2.75, 3.05) is 32.6 Å². The summed E-state index contributed by atoms with van der Waals surface area (Å²) in [5, 5.41) is 2.92. The Morgan fingerprint density at radius 1 is 1.29 bits per heavy atom. The van der Waals surface area contributed by atoms with Crippen molar-refractivity contribution in [2.45, 2.75) is 25.9 Å². The number of pyridine rings is 1. The molecular formula is C21H26N4O3. The van der Waals surface area contributed by atoms with Crippen molar-refractivity contribution >= 4 is 17.5 Å². The minimum atomic E-state index is -0.109. The molecule has 0 unspecified atom stereocenters. The molecule has 0 aliphatic carbocycles. The Kier molecular flexibility index (Phi) is 5.82. The van der Waals surface area contributed by atoms with Crippen molar-refractivity contribution in [3.63, 3.8) is 0 Å². The number of hydrogen-bond acceptors (Lipinski definition) is 5. The molecule has 1 N–H and O–H groups in total. The lowest BCUT2D eigenvalue weighted by atomic mass is 10.1. The lowest BCUT2D eigenvalue weighted by Gasteiger charge is -2.35.